The van der Waals surface area contributed by atoms with Crippen LogP contribution in [-0.4, -0.2) is 28.3 Å². The lowest BCUT2D eigenvalue weighted by molar-refractivity contribution is -0.156. The monoisotopic (exact) mass is 529 g/mol. The Morgan fingerprint density at radius 2 is 1.84 bits per heavy atom. The number of rotatable bonds is 2. The van der Waals surface area contributed by atoms with Crippen molar-refractivity contribution in [3.05, 3.63) is 89.0 Å². The van der Waals surface area contributed by atoms with Gasteiger partial charge in [-0.3, -0.25) is 9.59 Å². The van der Waals surface area contributed by atoms with Gasteiger partial charge in [0.05, 0.1) is 12.5 Å². The van der Waals surface area contributed by atoms with E-state index in [2.05, 4.69) is 38.1 Å². The minimum absolute atomic E-state index is 0.262. The number of hydrogen-bond acceptors (Lipinski definition) is 7. The molecule has 3 N–H and O–H groups in total. The van der Waals surface area contributed by atoms with Crippen molar-refractivity contribution >= 4 is 52.6 Å². The number of alkyl halides is 3. The number of halogens is 4. The smallest absolute Gasteiger partial charge is 0.446 e. The molecule has 6 bridgehead atoms. The maximum atomic E-state index is 12.5. The second kappa shape index (κ2) is 11.1. The Labute approximate surface area is 213 Å². The Kier molecular flexibility index (Phi) is 7.73. The standard InChI is InChI=1S/C23H18ClN5O2.C2HF3O/c24-18-13-25-23-27-16-4-1-3-14(11-16)6-7-15-12-17(26-21(18)29-23)8-9-19(15)28-22(30)20-5-2-10-31-20;3-2(4,5)1-6/h1-5,8-13H,6-7H2,(H,28,30)(H2,25,26,27,29);1H. The van der Waals surface area contributed by atoms with Crippen LogP contribution < -0.4 is 16.0 Å². The lowest BCUT2D eigenvalue weighted by atomic mass is 10.0. The molecular formula is C25H19ClF3N5O3. The predicted octanol–water partition coefficient (Wildman–Crippen LogP) is 6.31. The molecule has 0 spiro atoms. The maximum absolute atomic E-state index is 12.5. The molecule has 0 radical (unpaired) electrons. The van der Waals surface area contributed by atoms with Crippen LogP contribution >= 0.6 is 11.6 Å². The maximum Gasteiger partial charge on any atom is 0.446 e. The summed E-state index contributed by atoms with van der Waals surface area (Å²) in [5.41, 5.74) is 4.56. The van der Waals surface area contributed by atoms with E-state index in [0.29, 0.717) is 16.8 Å². The third-order valence-corrected chi connectivity index (χ3v) is 5.38. The van der Waals surface area contributed by atoms with E-state index in [1.807, 2.05) is 30.3 Å². The minimum atomic E-state index is -4.64. The molecule has 37 heavy (non-hydrogen) atoms. The van der Waals surface area contributed by atoms with Crippen LogP contribution in [0.5, 0.6) is 0 Å². The summed E-state index contributed by atoms with van der Waals surface area (Å²) in [7, 11) is 0. The number of fused-ring (bicyclic) bond motifs is 6. The van der Waals surface area contributed by atoms with Crippen molar-refractivity contribution in [1.82, 2.24) is 9.97 Å². The summed E-state index contributed by atoms with van der Waals surface area (Å²) in [6, 6.07) is 17.1. The van der Waals surface area contributed by atoms with Crippen LogP contribution in [0.15, 0.2) is 71.5 Å². The van der Waals surface area contributed by atoms with E-state index in [-0.39, 0.29) is 11.7 Å². The molecule has 0 saturated carbocycles. The van der Waals surface area contributed by atoms with E-state index in [0.717, 1.165) is 41.0 Å². The zero-order valence-electron chi connectivity index (χ0n) is 19.0. The van der Waals surface area contributed by atoms with Crippen molar-refractivity contribution in [3.8, 4) is 0 Å². The summed E-state index contributed by atoms with van der Waals surface area (Å²) in [4.78, 5) is 30.0. The molecule has 0 unspecified atom stereocenters. The molecule has 1 amide bonds. The number of hydrogen-bond donors (Lipinski definition) is 3. The fraction of sp³-hybridized carbons (Fsp3) is 0.120. The fourth-order valence-corrected chi connectivity index (χ4v) is 3.59. The number of carbonyl (C=O) groups excluding carboxylic acids is 2. The molecule has 0 saturated heterocycles. The molecular weight excluding hydrogens is 511 g/mol. The van der Waals surface area contributed by atoms with Gasteiger partial charge in [-0.1, -0.05) is 23.7 Å². The summed E-state index contributed by atoms with van der Waals surface area (Å²) in [5, 5.41) is 9.83. The van der Waals surface area contributed by atoms with E-state index >= 15 is 0 Å². The normalized spacial score (nSPS) is 12.2. The lowest BCUT2D eigenvalue weighted by Gasteiger charge is -2.14. The molecule has 0 atom stereocenters. The topological polar surface area (TPSA) is 109 Å². The van der Waals surface area contributed by atoms with Gasteiger partial charge in [-0.15, -0.1) is 0 Å². The SMILES string of the molecule is O=C(Nc1ccc2cc1CCc1cccc(c1)Nc1ncc(Cl)c(n1)N2)c1ccco1.O=CC(F)(F)F. The Bertz CT molecular complexity index is 1410. The highest BCUT2D eigenvalue weighted by atomic mass is 35.5. The zero-order chi connectivity index (χ0) is 26.4. The number of nitrogens with zero attached hydrogens (tertiary/aromatic N) is 2. The van der Waals surface area contributed by atoms with Crippen molar-refractivity contribution in [1.29, 1.82) is 0 Å². The molecule has 0 fully saturated rings. The van der Waals surface area contributed by atoms with Crippen LogP contribution in [-0.2, 0) is 17.6 Å². The summed E-state index contributed by atoms with van der Waals surface area (Å²) in [6.45, 7) is 0. The van der Waals surface area contributed by atoms with Gasteiger partial charge < -0.3 is 20.4 Å². The highest BCUT2D eigenvalue weighted by Crippen LogP contribution is 2.29. The highest BCUT2D eigenvalue weighted by molar-refractivity contribution is 6.32. The largest absolute Gasteiger partial charge is 0.459 e. The third kappa shape index (κ3) is 7.07. The van der Waals surface area contributed by atoms with Crippen molar-refractivity contribution in [3.63, 3.8) is 0 Å². The number of amides is 1. The lowest BCUT2D eigenvalue weighted by Crippen LogP contribution is -2.13. The van der Waals surface area contributed by atoms with Crippen LogP contribution in [0.25, 0.3) is 0 Å². The van der Waals surface area contributed by atoms with Gasteiger partial charge in [-0.2, -0.15) is 18.2 Å². The van der Waals surface area contributed by atoms with Gasteiger partial charge in [-0.25, -0.2) is 4.98 Å². The zero-order valence-corrected chi connectivity index (χ0v) is 19.7. The number of benzene rings is 2. The summed E-state index contributed by atoms with van der Waals surface area (Å²) >= 11 is 6.31. The van der Waals surface area contributed by atoms with Gasteiger partial charge in [-0.05, 0) is 66.4 Å². The molecule has 0 aliphatic carbocycles. The van der Waals surface area contributed by atoms with Gasteiger partial charge >= 0.3 is 6.18 Å². The third-order valence-electron chi connectivity index (χ3n) is 5.11. The van der Waals surface area contributed by atoms with Crippen LogP contribution in [0, 0.1) is 0 Å². The fourth-order valence-electron chi connectivity index (χ4n) is 3.46. The summed E-state index contributed by atoms with van der Waals surface area (Å²) < 4.78 is 36.5. The second-order valence-electron chi connectivity index (χ2n) is 7.80. The van der Waals surface area contributed by atoms with Crippen LogP contribution in [0.1, 0.15) is 21.7 Å². The minimum Gasteiger partial charge on any atom is -0.459 e. The first-order valence-electron chi connectivity index (χ1n) is 10.9. The first-order chi connectivity index (χ1) is 17.7. The van der Waals surface area contributed by atoms with Gasteiger partial charge in [0.2, 0.25) is 12.2 Å². The van der Waals surface area contributed by atoms with E-state index in [4.69, 9.17) is 20.8 Å². The van der Waals surface area contributed by atoms with Crippen molar-refractivity contribution in [2.45, 2.75) is 19.0 Å². The first-order valence-corrected chi connectivity index (χ1v) is 11.2. The Morgan fingerprint density at radius 1 is 1.05 bits per heavy atom. The van der Waals surface area contributed by atoms with E-state index in [9.17, 15) is 18.0 Å². The molecule has 5 rings (SSSR count). The van der Waals surface area contributed by atoms with Crippen molar-refractivity contribution in [2.24, 2.45) is 0 Å². The number of anilines is 5. The number of aromatic nitrogens is 2. The number of aldehydes is 1. The average molecular weight is 530 g/mol. The van der Waals surface area contributed by atoms with Crippen molar-refractivity contribution in [2.75, 3.05) is 16.0 Å². The number of furan rings is 1. The first kappa shape index (κ1) is 25.7. The number of carbonyl (C=O) groups is 2. The summed E-state index contributed by atoms with van der Waals surface area (Å²) in [5.74, 6) is 0.913. The highest BCUT2D eigenvalue weighted by Gasteiger charge is 2.25. The van der Waals surface area contributed by atoms with E-state index in [1.165, 1.54) is 6.26 Å². The molecule has 4 aromatic rings. The van der Waals surface area contributed by atoms with E-state index in [1.54, 1.807) is 18.3 Å². The van der Waals surface area contributed by atoms with E-state index < -0.39 is 12.5 Å². The molecule has 3 heterocycles. The number of nitrogens with one attached hydrogen (secondary N) is 3. The predicted molar refractivity (Wildman–Crippen MR) is 133 cm³/mol. The van der Waals surface area contributed by atoms with Gasteiger partial charge in [0.25, 0.3) is 5.91 Å². The average Bonchev–Trinajstić information content (AvgIpc) is 3.41. The van der Waals surface area contributed by atoms with Crippen molar-refractivity contribution < 1.29 is 27.2 Å². The second-order valence-corrected chi connectivity index (χ2v) is 8.21. The number of aryl methyl sites for hydroxylation is 2. The Balaban J connectivity index is 0.000000480. The Morgan fingerprint density at radius 3 is 2.57 bits per heavy atom. The van der Waals surface area contributed by atoms with Crippen LogP contribution in [0.3, 0.4) is 0 Å². The quantitative estimate of drug-likeness (QED) is 0.261. The van der Waals surface area contributed by atoms with Gasteiger partial charge in [0, 0.05) is 17.1 Å². The molecule has 8 nitrogen and oxygen atoms in total. The molecule has 2 aromatic heterocycles. The molecule has 1 aliphatic rings. The molecule has 2 aromatic carbocycles. The summed E-state index contributed by atoms with van der Waals surface area (Å²) in [6.07, 6.45) is -1.15. The molecule has 190 valence electrons. The Hall–Kier alpha value is -4.38. The van der Waals surface area contributed by atoms with Crippen LogP contribution in [0.2, 0.25) is 5.02 Å². The molecule has 12 heteroatoms. The van der Waals surface area contributed by atoms with Gasteiger partial charge in [0.1, 0.15) is 5.02 Å². The van der Waals surface area contributed by atoms with Crippen LogP contribution in [0.4, 0.5) is 42.0 Å². The molecule has 1 aliphatic heterocycles. The van der Waals surface area contributed by atoms with Gasteiger partial charge in [0.15, 0.2) is 11.6 Å².